The van der Waals surface area contributed by atoms with Crippen molar-refractivity contribution in [3.8, 4) is 22.4 Å². The third kappa shape index (κ3) is 2.45. The summed E-state index contributed by atoms with van der Waals surface area (Å²) < 4.78 is 1.75. The Morgan fingerprint density at radius 3 is 2.29 bits per heavy atom. The normalized spacial score (nSPS) is 12.3. The largest absolute Gasteiger partial charge is 0.387 e. The Labute approximate surface area is 123 Å². The number of hydrogen-bond donors (Lipinski definition) is 1. The summed E-state index contributed by atoms with van der Waals surface area (Å²) in [4.78, 5) is 4.06. The van der Waals surface area contributed by atoms with Gasteiger partial charge < -0.3 is 5.11 Å². The van der Waals surface area contributed by atoms with Crippen LogP contribution < -0.4 is 0 Å². The molecule has 4 nitrogen and oxygen atoms in total. The van der Waals surface area contributed by atoms with E-state index in [1.165, 1.54) is 0 Å². The van der Waals surface area contributed by atoms with Crippen LogP contribution in [-0.2, 0) is 7.05 Å². The fraction of sp³-hybridized carbons (Fsp3) is 0.176. The summed E-state index contributed by atoms with van der Waals surface area (Å²) in [7, 11) is 1.86. The van der Waals surface area contributed by atoms with E-state index < -0.39 is 6.10 Å². The Morgan fingerprint density at radius 1 is 1.00 bits per heavy atom. The average molecular weight is 279 g/mol. The Kier molecular flexibility index (Phi) is 3.54. The molecular weight excluding hydrogens is 262 g/mol. The van der Waals surface area contributed by atoms with E-state index in [9.17, 15) is 5.11 Å². The highest BCUT2D eigenvalue weighted by Crippen LogP contribution is 2.36. The van der Waals surface area contributed by atoms with Crippen LogP contribution in [-0.4, -0.2) is 19.9 Å². The van der Waals surface area contributed by atoms with Crippen molar-refractivity contribution in [2.75, 3.05) is 0 Å². The summed E-state index contributed by atoms with van der Waals surface area (Å²) in [6, 6.07) is 13.9. The van der Waals surface area contributed by atoms with E-state index in [-0.39, 0.29) is 0 Å². The molecule has 3 rings (SSSR count). The molecule has 3 aromatic rings. The van der Waals surface area contributed by atoms with Crippen molar-refractivity contribution in [3.63, 3.8) is 0 Å². The first kappa shape index (κ1) is 13.5. The Hall–Kier alpha value is -2.46. The molecule has 0 saturated carbocycles. The monoisotopic (exact) mass is 279 g/mol. The van der Waals surface area contributed by atoms with Gasteiger partial charge in [-0.05, 0) is 24.6 Å². The zero-order chi connectivity index (χ0) is 14.8. The molecule has 1 aromatic carbocycles. The van der Waals surface area contributed by atoms with E-state index >= 15 is 0 Å². The predicted octanol–water partition coefficient (Wildman–Crippen LogP) is 3.20. The van der Waals surface area contributed by atoms with Crippen LogP contribution in [0.1, 0.15) is 18.7 Å². The van der Waals surface area contributed by atoms with Crippen molar-refractivity contribution in [3.05, 3.63) is 60.6 Å². The van der Waals surface area contributed by atoms with Crippen LogP contribution >= 0.6 is 0 Å². The molecule has 1 atom stereocenters. The van der Waals surface area contributed by atoms with Gasteiger partial charge in [0.25, 0.3) is 0 Å². The van der Waals surface area contributed by atoms with E-state index in [2.05, 4.69) is 10.1 Å². The highest BCUT2D eigenvalue weighted by atomic mass is 16.3. The molecule has 1 unspecified atom stereocenters. The number of nitrogens with zero attached hydrogens (tertiary/aromatic N) is 3. The topological polar surface area (TPSA) is 50.9 Å². The van der Waals surface area contributed by atoms with Crippen LogP contribution in [0.3, 0.4) is 0 Å². The molecule has 21 heavy (non-hydrogen) atoms. The van der Waals surface area contributed by atoms with Crippen LogP contribution in [0.5, 0.6) is 0 Å². The predicted molar refractivity (Wildman–Crippen MR) is 82.5 cm³/mol. The second kappa shape index (κ2) is 5.50. The first-order chi connectivity index (χ1) is 10.2. The zero-order valence-electron chi connectivity index (χ0n) is 12.1. The van der Waals surface area contributed by atoms with Crippen LogP contribution in [0, 0.1) is 0 Å². The van der Waals surface area contributed by atoms with Crippen molar-refractivity contribution < 1.29 is 5.11 Å². The third-order valence-electron chi connectivity index (χ3n) is 3.50. The lowest BCUT2D eigenvalue weighted by atomic mass is 9.98. The molecule has 0 amide bonds. The summed E-state index contributed by atoms with van der Waals surface area (Å²) in [5.74, 6) is 0. The van der Waals surface area contributed by atoms with Gasteiger partial charge in [-0.3, -0.25) is 9.67 Å². The van der Waals surface area contributed by atoms with E-state index in [1.807, 2.05) is 49.5 Å². The minimum absolute atomic E-state index is 0.594. The lowest BCUT2D eigenvalue weighted by molar-refractivity contribution is 0.189. The molecule has 1 N–H and O–H groups in total. The Bertz CT molecular complexity index is 733. The first-order valence-electron chi connectivity index (χ1n) is 6.89. The fourth-order valence-corrected chi connectivity index (χ4v) is 2.62. The maximum atomic E-state index is 10.1. The third-order valence-corrected chi connectivity index (χ3v) is 3.50. The molecule has 0 spiro atoms. The Morgan fingerprint density at radius 2 is 1.67 bits per heavy atom. The maximum absolute atomic E-state index is 10.1. The molecule has 0 radical (unpaired) electrons. The number of aryl methyl sites for hydroxylation is 1. The van der Waals surface area contributed by atoms with Gasteiger partial charge >= 0.3 is 0 Å². The molecular formula is C17H17N3O. The molecule has 0 aliphatic heterocycles. The number of aliphatic hydroxyl groups excluding tert-OH is 1. The summed E-state index contributed by atoms with van der Waals surface area (Å²) in [6.45, 7) is 1.76. The lowest BCUT2D eigenvalue weighted by Crippen LogP contribution is -2.03. The molecule has 2 aromatic heterocycles. The number of pyridine rings is 1. The number of hydrogen-bond acceptors (Lipinski definition) is 3. The van der Waals surface area contributed by atoms with Gasteiger partial charge in [0, 0.05) is 30.6 Å². The molecule has 106 valence electrons. The fourth-order valence-electron chi connectivity index (χ4n) is 2.62. The van der Waals surface area contributed by atoms with Crippen LogP contribution in [0.25, 0.3) is 22.4 Å². The van der Waals surface area contributed by atoms with Gasteiger partial charge in [-0.2, -0.15) is 5.10 Å². The molecule has 0 saturated heterocycles. The molecule has 0 aliphatic rings. The van der Waals surface area contributed by atoms with Gasteiger partial charge in [0.2, 0.25) is 0 Å². The van der Waals surface area contributed by atoms with E-state index in [0.717, 1.165) is 28.1 Å². The van der Waals surface area contributed by atoms with Crippen molar-refractivity contribution in [1.29, 1.82) is 0 Å². The van der Waals surface area contributed by atoms with Crippen molar-refractivity contribution in [1.82, 2.24) is 14.8 Å². The lowest BCUT2D eigenvalue weighted by Gasteiger charge is -2.10. The number of rotatable bonds is 3. The van der Waals surface area contributed by atoms with E-state index in [0.29, 0.717) is 0 Å². The molecule has 0 aliphatic carbocycles. The molecule has 4 heteroatoms. The quantitative estimate of drug-likeness (QED) is 0.801. The minimum Gasteiger partial charge on any atom is -0.387 e. The zero-order valence-corrected chi connectivity index (χ0v) is 12.1. The van der Waals surface area contributed by atoms with Crippen molar-refractivity contribution in [2.24, 2.45) is 7.05 Å². The second-order valence-corrected chi connectivity index (χ2v) is 5.01. The molecule has 2 heterocycles. The van der Waals surface area contributed by atoms with E-state index in [1.54, 1.807) is 24.0 Å². The standard InChI is InChI=1S/C17H17N3O/c1-12(21)17-15(13-8-10-18-11-9-13)16(19-20(17)2)14-6-4-3-5-7-14/h3-12,21H,1-2H3. The van der Waals surface area contributed by atoms with E-state index in [4.69, 9.17) is 0 Å². The highest BCUT2D eigenvalue weighted by molar-refractivity contribution is 5.82. The molecule has 0 bridgehead atoms. The number of benzene rings is 1. The highest BCUT2D eigenvalue weighted by Gasteiger charge is 2.21. The summed E-state index contributed by atoms with van der Waals surface area (Å²) in [5, 5.41) is 14.7. The summed E-state index contributed by atoms with van der Waals surface area (Å²) in [6.07, 6.45) is 2.91. The smallest absolute Gasteiger partial charge is 0.100 e. The minimum atomic E-state index is -0.594. The maximum Gasteiger partial charge on any atom is 0.100 e. The van der Waals surface area contributed by atoms with Crippen molar-refractivity contribution >= 4 is 0 Å². The SMILES string of the molecule is CC(O)c1c(-c2ccncc2)c(-c2ccccc2)nn1C. The van der Waals surface area contributed by atoms with Gasteiger partial charge in [0.15, 0.2) is 0 Å². The van der Waals surface area contributed by atoms with Gasteiger partial charge in [-0.1, -0.05) is 30.3 Å². The van der Waals surface area contributed by atoms with Crippen LogP contribution in [0.4, 0.5) is 0 Å². The van der Waals surface area contributed by atoms with Crippen molar-refractivity contribution in [2.45, 2.75) is 13.0 Å². The second-order valence-electron chi connectivity index (χ2n) is 5.01. The first-order valence-corrected chi connectivity index (χ1v) is 6.89. The summed E-state index contributed by atoms with van der Waals surface area (Å²) >= 11 is 0. The average Bonchev–Trinajstić information content (AvgIpc) is 2.86. The van der Waals surface area contributed by atoms with Crippen LogP contribution in [0.2, 0.25) is 0 Å². The number of aromatic nitrogens is 3. The summed E-state index contributed by atoms with van der Waals surface area (Å²) in [5.41, 5.74) is 4.68. The van der Waals surface area contributed by atoms with Gasteiger partial charge in [0.1, 0.15) is 5.69 Å². The molecule has 0 fully saturated rings. The van der Waals surface area contributed by atoms with Gasteiger partial charge in [-0.15, -0.1) is 0 Å². The van der Waals surface area contributed by atoms with Gasteiger partial charge in [0.05, 0.1) is 11.8 Å². The van der Waals surface area contributed by atoms with Crippen LogP contribution in [0.15, 0.2) is 54.9 Å². The Balaban J connectivity index is 2.29. The number of aliphatic hydroxyl groups is 1. The van der Waals surface area contributed by atoms with Gasteiger partial charge in [-0.25, -0.2) is 0 Å².